The maximum absolute atomic E-state index is 13.4. The van der Waals surface area contributed by atoms with Crippen molar-refractivity contribution in [1.82, 2.24) is 9.47 Å². The van der Waals surface area contributed by atoms with Crippen molar-refractivity contribution in [1.29, 1.82) is 5.26 Å². The zero-order valence-corrected chi connectivity index (χ0v) is 19.8. The van der Waals surface area contributed by atoms with Crippen LogP contribution in [0.25, 0.3) is 0 Å². The molecular weight excluding hydrogens is 434 g/mol. The molecule has 1 aliphatic heterocycles. The summed E-state index contributed by atoms with van der Waals surface area (Å²) in [5, 5.41) is 9.40. The van der Waals surface area contributed by atoms with E-state index in [0.29, 0.717) is 38.4 Å². The minimum absolute atomic E-state index is 0.0948. The van der Waals surface area contributed by atoms with Gasteiger partial charge in [0.1, 0.15) is 17.4 Å². The quantitative estimate of drug-likeness (QED) is 0.416. The van der Waals surface area contributed by atoms with Gasteiger partial charge < -0.3 is 18.9 Å². The Labute approximate surface area is 199 Å². The van der Waals surface area contributed by atoms with E-state index in [1.165, 1.54) is 16.8 Å². The predicted octanol–water partition coefficient (Wildman–Crippen LogP) is 3.16. The molecule has 0 spiro atoms. The number of aryl methyl sites for hydroxylation is 1. The lowest BCUT2D eigenvalue weighted by molar-refractivity contribution is -0.137. The Morgan fingerprint density at radius 1 is 1.15 bits per heavy atom. The Morgan fingerprint density at radius 2 is 1.85 bits per heavy atom. The molecule has 1 aliphatic rings. The van der Waals surface area contributed by atoms with Gasteiger partial charge in [-0.2, -0.15) is 5.26 Å². The second-order valence-corrected chi connectivity index (χ2v) is 8.42. The first-order valence-corrected chi connectivity index (χ1v) is 11.7. The summed E-state index contributed by atoms with van der Waals surface area (Å²) in [6.45, 7) is 3.90. The highest BCUT2D eigenvalue weighted by atomic mass is 16.5. The fourth-order valence-electron chi connectivity index (χ4n) is 4.09. The first-order chi connectivity index (χ1) is 16.5. The number of carbonyl (C=O) groups is 2. The van der Waals surface area contributed by atoms with E-state index in [0.717, 1.165) is 25.7 Å². The van der Waals surface area contributed by atoms with Gasteiger partial charge in [0, 0.05) is 45.1 Å². The van der Waals surface area contributed by atoms with Crippen LogP contribution in [0.3, 0.4) is 0 Å². The van der Waals surface area contributed by atoms with Crippen molar-refractivity contribution in [3.05, 3.63) is 63.6 Å². The van der Waals surface area contributed by atoms with Gasteiger partial charge in [-0.15, -0.1) is 0 Å². The van der Waals surface area contributed by atoms with Crippen LogP contribution in [0.2, 0.25) is 0 Å². The molecule has 3 rings (SSSR count). The van der Waals surface area contributed by atoms with Crippen LogP contribution in [0.4, 0.5) is 0 Å². The molecule has 8 heteroatoms. The molecular formula is C26H31N3O5. The Kier molecular flexibility index (Phi) is 9.00. The molecule has 0 saturated carbocycles. The summed E-state index contributed by atoms with van der Waals surface area (Å²) in [6.07, 6.45) is 5.48. The van der Waals surface area contributed by atoms with Crippen molar-refractivity contribution in [3.63, 3.8) is 0 Å². The molecule has 1 aromatic carbocycles. The number of rotatable bonds is 9. The number of hydrogen-bond donors (Lipinski definition) is 0. The number of carbonyl (C=O) groups excluding carboxylic acids is 2. The smallest absolute Gasteiger partial charge is 0.268 e. The van der Waals surface area contributed by atoms with E-state index in [1.807, 2.05) is 11.0 Å². The van der Waals surface area contributed by atoms with Gasteiger partial charge in [-0.25, -0.2) is 0 Å². The monoisotopic (exact) mass is 465 g/mol. The van der Waals surface area contributed by atoms with Crippen LogP contribution in [-0.4, -0.2) is 54.1 Å². The van der Waals surface area contributed by atoms with E-state index in [9.17, 15) is 19.6 Å². The minimum Gasteiger partial charge on any atom is -0.480 e. The average molecular weight is 466 g/mol. The van der Waals surface area contributed by atoms with Crippen molar-refractivity contribution < 1.29 is 19.1 Å². The van der Waals surface area contributed by atoms with Gasteiger partial charge in [0.2, 0.25) is 0 Å². The van der Waals surface area contributed by atoms with Crippen LogP contribution >= 0.6 is 0 Å². The van der Waals surface area contributed by atoms with Crippen molar-refractivity contribution >= 4 is 11.7 Å². The number of para-hydroxylation sites is 1. The lowest BCUT2D eigenvalue weighted by Crippen LogP contribution is -2.41. The Balaban J connectivity index is 1.85. The van der Waals surface area contributed by atoms with Crippen LogP contribution in [-0.2, 0) is 16.1 Å². The van der Waals surface area contributed by atoms with Gasteiger partial charge in [-0.05, 0) is 44.4 Å². The molecule has 180 valence electrons. The van der Waals surface area contributed by atoms with Crippen molar-refractivity contribution in [2.24, 2.45) is 0 Å². The van der Waals surface area contributed by atoms with Crippen LogP contribution < -0.4 is 10.3 Å². The zero-order chi connectivity index (χ0) is 24.5. The highest BCUT2D eigenvalue weighted by Crippen LogP contribution is 2.24. The average Bonchev–Trinajstić information content (AvgIpc) is 3.14. The number of amides is 1. The largest absolute Gasteiger partial charge is 0.480 e. The van der Waals surface area contributed by atoms with Gasteiger partial charge in [-0.1, -0.05) is 25.0 Å². The first kappa shape index (κ1) is 25.2. The topological polar surface area (TPSA) is 102 Å². The van der Waals surface area contributed by atoms with Gasteiger partial charge >= 0.3 is 0 Å². The highest BCUT2D eigenvalue weighted by molar-refractivity contribution is 6.10. The van der Waals surface area contributed by atoms with E-state index in [2.05, 4.69) is 0 Å². The Hall–Kier alpha value is -3.44. The van der Waals surface area contributed by atoms with E-state index >= 15 is 0 Å². The highest BCUT2D eigenvalue weighted by Gasteiger charge is 2.25. The van der Waals surface area contributed by atoms with Gasteiger partial charge in [0.25, 0.3) is 11.5 Å². The third-order valence-electron chi connectivity index (χ3n) is 5.92. The lowest BCUT2D eigenvalue weighted by Gasteiger charge is -2.25. The Morgan fingerprint density at radius 3 is 2.53 bits per heavy atom. The summed E-state index contributed by atoms with van der Waals surface area (Å²) in [6, 6.07) is 9.90. The standard InChI is InChI=1S/C26H31N3O5/c1-19(25(31)28-12-7-3-4-8-13-28)34-23-11-6-5-10-22(23)24(30)21-16-20(17-27)26(32)29(18-21)14-9-15-33-2/h5-6,10-11,16,18-19H,3-4,7-9,12-15H2,1-2H3/t19-/m0/s1. The summed E-state index contributed by atoms with van der Waals surface area (Å²) in [7, 11) is 1.57. The number of ether oxygens (including phenoxy) is 2. The molecule has 0 radical (unpaired) electrons. The maximum atomic E-state index is 13.4. The molecule has 1 aromatic heterocycles. The minimum atomic E-state index is -0.746. The summed E-state index contributed by atoms with van der Waals surface area (Å²) in [5.74, 6) is -0.191. The number of ketones is 1. The van der Waals surface area contributed by atoms with Crippen LogP contribution in [0.1, 0.15) is 60.5 Å². The third kappa shape index (κ3) is 6.12. The predicted molar refractivity (Wildman–Crippen MR) is 127 cm³/mol. The number of aromatic nitrogens is 1. The molecule has 1 atom stereocenters. The van der Waals surface area contributed by atoms with Gasteiger partial charge in [0.05, 0.1) is 5.56 Å². The van der Waals surface area contributed by atoms with Crippen LogP contribution in [0, 0.1) is 11.3 Å². The van der Waals surface area contributed by atoms with Gasteiger partial charge in [-0.3, -0.25) is 14.4 Å². The summed E-state index contributed by atoms with van der Waals surface area (Å²) in [4.78, 5) is 40.7. The molecule has 1 saturated heterocycles. The fraction of sp³-hybridized carbons (Fsp3) is 0.462. The van der Waals surface area contributed by atoms with Crippen molar-refractivity contribution in [2.45, 2.75) is 51.7 Å². The molecule has 8 nitrogen and oxygen atoms in total. The summed E-state index contributed by atoms with van der Waals surface area (Å²) < 4.78 is 12.4. The third-order valence-corrected chi connectivity index (χ3v) is 5.92. The van der Waals surface area contributed by atoms with Crippen LogP contribution in [0.15, 0.2) is 41.3 Å². The molecule has 34 heavy (non-hydrogen) atoms. The van der Waals surface area contributed by atoms with Crippen LogP contribution in [0.5, 0.6) is 5.75 Å². The molecule has 1 amide bonds. The zero-order valence-electron chi connectivity index (χ0n) is 19.8. The van der Waals surface area contributed by atoms with E-state index in [-0.39, 0.29) is 28.4 Å². The first-order valence-electron chi connectivity index (χ1n) is 11.7. The molecule has 0 unspecified atom stereocenters. The second-order valence-electron chi connectivity index (χ2n) is 8.42. The maximum Gasteiger partial charge on any atom is 0.268 e. The second kappa shape index (κ2) is 12.1. The van der Waals surface area contributed by atoms with E-state index in [1.54, 1.807) is 38.3 Å². The van der Waals surface area contributed by atoms with E-state index < -0.39 is 11.7 Å². The molecule has 0 N–H and O–H groups in total. The fourth-order valence-corrected chi connectivity index (χ4v) is 4.09. The SMILES string of the molecule is COCCCn1cc(C(=O)c2ccccc2O[C@@H](C)C(=O)N2CCCCCC2)cc(C#N)c1=O. The number of pyridine rings is 1. The molecule has 0 aliphatic carbocycles. The number of nitriles is 1. The Bertz CT molecular complexity index is 1110. The number of nitrogens with zero attached hydrogens (tertiary/aromatic N) is 3. The number of likely N-dealkylation sites (tertiary alicyclic amines) is 1. The van der Waals surface area contributed by atoms with Gasteiger partial charge in [0.15, 0.2) is 11.9 Å². The lowest BCUT2D eigenvalue weighted by atomic mass is 10.0. The normalized spacial score (nSPS) is 14.7. The van der Waals surface area contributed by atoms with Crippen molar-refractivity contribution in [3.8, 4) is 11.8 Å². The summed E-state index contributed by atoms with van der Waals surface area (Å²) >= 11 is 0. The molecule has 2 aromatic rings. The molecule has 0 bridgehead atoms. The van der Waals surface area contributed by atoms with Crippen molar-refractivity contribution in [2.75, 3.05) is 26.8 Å². The number of methoxy groups -OCH3 is 1. The molecule has 2 heterocycles. The number of hydrogen-bond acceptors (Lipinski definition) is 6. The molecule has 1 fully saturated rings. The van der Waals surface area contributed by atoms with E-state index in [4.69, 9.17) is 9.47 Å². The number of benzene rings is 1. The summed E-state index contributed by atoms with van der Waals surface area (Å²) in [5.41, 5.74) is -0.0807.